The van der Waals surface area contributed by atoms with Crippen molar-refractivity contribution in [1.82, 2.24) is 19.6 Å². The third-order valence-corrected chi connectivity index (χ3v) is 4.34. The van der Waals surface area contributed by atoms with Gasteiger partial charge in [-0.25, -0.2) is 0 Å². The third kappa shape index (κ3) is 4.80. The van der Waals surface area contributed by atoms with Gasteiger partial charge in [0.25, 0.3) is 0 Å². The van der Waals surface area contributed by atoms with Crippen molar-refractivity contribution < 1.29 is 5.11 Å². The highest BCUT2D eigenvalue weighted by atomic mass is 16.3. The van der Waals surface area contributed by atoms with Crippen LogP contribution in [0.4, 0.5) is 0 Å². The van der Waals surface area contributed by atoms with E-state index in [9.17, 15) is 5.11 Å². The smallest absolute Gasteiger partial charge is 0.0638 e. The molecule has 0 unspecified atom stereocenters. The van der Waals surface area contributed by atoms with Crippen molar-refractivity contribution in [3.8, 4) is 0 Å². The van der Waals surface area contributed by atoms with Gasteiger partial charge in [0.05, 0.1) is 5.69 Å². The Balaban J connectivity index is 1.98. The van der Waals surface area contributed by atoms with Crippen LogP contribution in [0.25, 0.3) is 0 Å². The second-order valence-electron chi connectivity index (χ2n) is 7.85. The van der Waals surface area contributed by atoms with Crippen molar-refractivity contribution in [3.05, 3.63) is 17.5 Å². The molecule has 22 heavy (non-hydrogen) atoms. The van der Waals surface area contributed by atoms with E-state index >= 15 is 0 Å². The molecule has 1 atom stereocenters. The first kappa shape index (κ1) is 17.4. The Labute approximate surface area is 134 Å². The molecule has 0 aliphatic carbocycles. The lowest BCUT2D eigenvalue weighted by Gasteiger charge is -2.43. The molecule has 1 aliphatic heterocycles. The van der Waals surface area contributed by atoms with Gasteiger partial charge in [-0.05, 0) is 18.8 Å². The minimum atomic E-state index is 0.269. The minimum absolute atomic E-state index is 0.269. The molecule has 1 aliphatic rings. The standard InChI is InChI=1S/C17H32N4O/c1-14-15(10-19(5)18-14)11-20-7-8-21(13-17(2,3)4)16(12-20)6-9-22/h10,16,22H,6-9,11-13H2,1-5H3/t16-/m1/s1. The molecule has 1 saturated heterocycles. The minimum Gasteiger partial charge on any atom is -0.396 e. The Kier molecular flexibility index (Phi) is 5.64. The maximum absolute atomic E-state index is 9.40. The van der Waals surface area contributed by atoms with E-state index in [1.165, 1.54) is 5.56 Å². The van der Waals surface area contributed by atoms with E-state index in [1.54, 1.807) is 0 Å². The zero-order valence-corrected chi connectivity index (χ0v) is 14.8. The van der Waals surface area contributed by atoms with Crippen molar-refractivity contribution in [2.45, 2.75) is 46.7 Å². The van der Waals surface area contributed by atoms with E-state index in [-0.39, 0.29) is 6.61 Å². The summed E-state index contributed by atoms with van der Waals surface area (Å²) < 4.78 is 1.89. The molecular formula is C17H32N4O. The molecule has 0 saturated carbocycles. The topological polar surface area (TPSA) is 44.5 Å². The summed E-state index contributed by atoms with van der Waals surface area (Å²) in [6.45, 7) is 14.5. The number of hydrogen-bond acceptors (Lipinski definition) is 4. The van der Waals surface area contributed by atoms with E-state index in [1.807, 2.05) is 11.7 Å². The van der Waals surface area contributed by atoms with E-state index in [4.69, 9.17) is 0 Å². The van der Waals surface area contributed by atoms with E-state index in [0.717, 1.165) is 44.8 Å². The molecule has 5 nitrogen and oxygen atoms in total. The lowest BCUT2D eigenvalue weighted by atomic mass is 9.94. The fourth-order valence-electron chi connectivity index (χ4n) is 3.39. The Morgan fingerprint density at radius 1 is 1.32 bits per heavy atom. The summed E-state index contributed by atoms with van der Waals surface area (Å²) in [7, 11) is 1.98. The van der Waals surface area contributed by atoms with E-state index in [2.05, 4.69) is 48.8 Å². The van der Waals surface area contributed by atoms with Crippen molar-refractivity contribution in [2.75, 3.05) is 32.8 Å². The zero-order valence-electron chi connectivity index (χ0n) is 14.8. The average molecular weight is 308 g/mol. The first-order valence-corrected chi connectivity index (χ1v) is 8.35. The molecule has 2 heterocycles. The molecule has 0 bridgehead atoms. The summed E-state index contributed by atoms with van der Waals surface area (Å²) in [5.41, 5.74) is 2.74. The molecule has 0 amide bonds. The molecule has 1 N–H and O–H groups in total. The van der Waals surface area contributed by atoms with Crippen molar-refractivity contribution in [1.29, 1.82) is 0 Å². The third-order valence-electron chi connectivity index (χ3n) is 4.34. The summed E-state index contributed by atoms with van der Waals surface area (Å²) in [5, 5.41) is 13.8. The molecule has 0 radical (unpaired) electrons. The number of rotatable bonds is 5. The molecule has 2 rings (SSSR count). The lowest BCUT2D eigenvalue weighted by molar-refractivity contribution is 0.0339. The number of hydrogen-bond donors (Lipinski definition) is 1. The molecule has 126 valence electrons. The number of aliphatic hydroxyl groups is 1. The van der Waals surface area contributed by atoms with Crippen LogP contribution in [0.2, 0.25) is 0 Å². The van der Waals surface area contributed by atoms with Crippen LogP contribution in [-0.4, -0.2) is 63.5 Å². The summed E-state index contributed by atoms with van der Waals surface area (Å²) >= 11 is 0. The number of nitrogens with zero attached hydrogens (tertiary/aromatic N) is 4. The predicted octanol–water partition coefficient (Wildman–Crippen LogP) is 1.64. The summed E-state index contributed by atoms with van der Waals surface area (Å²) in [4.78, 5) is 5.06. The monoisotopic (exact) mass is 308 g/mol. The summed E-state index contributed by atoms with van der Waals surface area (Å²) in [6.07, 6.45) is 2.98. The molecule has 0 aromatic carbocycles. The van der Waals surface area contributed by atoms with Gasteiger partial charge in [0.15, 0.2) is 0 Å². The van der Waals surface area contributed by atoms with Crippen LogP contribution in [0.1, 0.15) is 38.4 Å². The fraction of sp³-hybridized carbons (Fsp3) is 0.824. The number of piperazine rings is 1. The second-order valence-corrected chi connectivity index (χ2v) is 7.85. The first-order chi connectivity index (χ1) is 10.3. The van der Waals surface area contributed by atoms with Crippen LogP contribution < -0.4 is 0 Å². The SMILES string of the molecule is Cc1nn(C)cc1CN1CCN(CC(C)(C)C)[C@H](CCO)C1. The maximum Gasteiger partial charge on any atom is 0.0638 e. The van der Waals surface area contributed by atoms with Gasteiger partial charge in [-0.3, -0.25) is 14.5 Å². The van der Waals surface area contributed by atoms with Gasteiger partial charge in [-0.15, -0.1) is 0 Å². The second kappa shape index (κ2) is 7.11. The molecule has 1 aromatic rings. The first-order valence-electron chi connectivity index (χ1n) is 8.35. The van der Waals surface area contributed by atoms with Crippen molar-refractivity contribution in [2.24, 2.45) is 12.5 Å². The summed E-state index contributed by atoms with van der Waals surface area (Å²) in [5.74, 6) is 0. The Morgan fingerprint density at radius 2 is 2.05 bits per heavy atom. The van der Waals surface area contributed by atoms with Gasteiger partial charge in [-0.1, -0.05) is 20.8 Å². The Bertz CT molecular complexity index is 477. The van der Waals surface area contributed by atoms with Gasteiger partial charge in [0.2, 0.25) is 0 Å². The van der Waals surface area contributed by atoms with Gasteiger partial charge >= 0.3 is 0 Å². The normalized spacial score (nSPS) is 21.5. The highest BCUT2D eigenvalue weighted by Gasteiger charge is 2.29. The largest absolute Gasteiger partial charge is 0.396 e. The average Bonchev–Trinajstić information content (AvgIpc) is 2.70. The van der Waals surface area contributed by atoms with Crippen molar-refractivity contribution in [3.63, 3.8) is 0 Å². The maximum atomic E-state index is 9.40. The van der Waals surface area contributed by atoms with Crippen LogP contribution in [0, 0.1) is 12.3 Å². The highest BCUT2D eigenvalue weighted by molar-refractivity contribution is 5.15. The van der Waals surface area contributed by atoms with E-state index in [0.29, 0.717) is 11.5 Å². The molecule has 5 heteroatoms. The molecule has 0 spiro atoms. The predicted molar refractivity (Wildman–Crippen MR) is 89.7 cm³/mol. The molecule has 1 aromatic heterocycles. The number of aromatic nitrogens is 2. The number of aliphatic hydroxyl groups excluding tert-OH is 1. The van der Waals surface area contributed by atoms with Gasteiger partial charge < -0.3 is 5.11 Å². The molecular weight excluding hydrogens is 276 g/mol. The van der Waals surface area contributed by atoms with Gasteiger partial charge in [0, 0.05) is 64.2 Å². The summed E-state index contributed by atoms with van der Waals surface area (Å²) in [6, 6.07) is 0.454. The zero-order chi connectivity index (χ0) is 16.3. The van der Waals surface area contributed by atoms with Crippen LogP contribution >= 0.6 is 0 Å². The fourth-order valence-corrected chi connectivity index (χ4v) is 3.39. The quantitative estimate of drug-likeness (QED) is 0.898. The highest BCUT2D eigenvalue weighted by Crippen LogP contribution is 2.22. The Morgan fingerprint density at radius 3 is 2.59 bits per heavy atom. The van der Waals surface area contributed by atoms with Gasteiger partial charge in [-0.2, -0.15) is 5.10 Å². The van der Waals surface area contributed by atoms with Crippen LogP contribution in [0.15, 0.2) is 6.20 Å². The van der Waals surface area contributed by atoms with E-state index < -0.39 is 0 Å². The van der Waals surface area contributed by atoms with Crippen LogP contribution in [0.3, 0.4) is 0 Å². The van der Waals surface area contributed by atoms with Crippen LogP contribution in [-0.2, 0) is 13.6 Å². The Hall–Kier alpha value is -0.910. The van der Waals surface area contributed by atoms with Crippen LogP contribution in [0.5, 0.6) is 0 Å². The lowest BCUT2D eigenvalue weighted by Crippen LogP contribution is -2.54. The van der Waals surface area contributed by atoms with Gasteiger partial charge in [0.1, 0.15) is 0 Å². The number of aryl methyl sites for hydroxylation is 2. The van der Waals surface area contributed by atoms with Crippen molar-refractivity contribution >= 4 is 0 Å². The molecule has 1 fully saturated rings.